The zero-order valence-electron chi connectivity index (χ0n) is 10.4. The molecule has 0 saturated carbocycles. The Balaban J connectivity index is 2.62. The molecule has 0 aromatic carbocycles. The summed E-state index contributed by atoms with van der Waals surface area (Å²) in [5, 5.41) is 0. The van der Waals surface area contributed by atoms with Crippen molar-refractivity contribution in [3.8, 4) is 0 Å². The number of nitrogens with zero attached hydrogens (tertiary/aromatic N) is 2. The lowest BCUT2D eigenvalue weighted by Crippen LogP contribution is -2.31. The Bertz CT molecular complexity index is 294. The molecule has 0 fully saturated rings. The molecule has 0 spiro atoms. The summed E-state index contributed by atoms with van der Waals surface area (Å²) >= 11 is 0. The smallest absolute Gasteiger partial charge is 0.139 e. The van der Waals surface area contributed by atoms with Gasteiger partial charge in [-0.15, -0.1) is 0 Å². The Morgan fingerprint density at radius 2 is 2.19 bits per heavy atom. The quantitative estimate of drug-likeness (QED) is 0.571. The number of rotatable bonds is 6. The minimum atomic E-state index is 0.562. The number of nitrogens with one attached hydrogen (secondary N) is 1. The van der Waals surface area contributed by atoms with Crippen LogP contribution in [0.1, 0.15) is 32.8 Å². The van der Waals surface area contributed by atoms with Gasteiger partial charge in [0, 0.05) is 18.8 Å². The Morgan fingerprint density at radius 1 is 1.44 bits per heavy atom. The van der Waals surface area contributed by atoms with Gasteiger partial charge < -0.3 is 5.43 Å². The molecule has 4 nitrogen and oxygen atoms in total. The number of hydrogen-bond acceptors (Lipinski definition) is 4. The summed E-state index contributed by atoms with van der Waals surface area (Å²) in [6, 6.07) is 4.53. The van der Waals surface area contributed by atoms with Crippen molar-refractivity contribution in [2.24, 2.45) is 5.84 Å². The molecule has 0 aliphatic rings. The maximum absolute atomic E-state index is 5.27. The Kier molecular flexibility index (Phi) is 5.22. The summed E-state index contributed by atoms with van der Waals surface area (Å²) in [5.41, 5.74) is 3.75. The van der Waals surface area contributed by atoms with E-state index in [1.54, 1.807) is 0 Å². The highest BCUT2D eigenvalue weighted by molar-refractivity contribution is 5.33. The second-order valence-electron chi connectivity index (χ2n) is 4.26. The van der Waals surface area contributed by atoms with E-state index in [1.807, 2.05) is 12.3 Å². The van der Waals surface area contributed by atoms with Gasteiger partial charge in [-0.3, -0.25) is 4.90 Å². The second kappa shape index (κ2) is 6.45. The SMILES string of the molecule is CCCN(Cc1ccc(NN)nc1)C(C)C. The van der Waals surface area contributed by atoms with E-state index < -0.39 is 0 Å². The molecule has 1 heterocycles. The van der Waals surface area contributed by atoms with Crippen LogP contribution in [0, 0.1) is 0 Å². The number of nitrogen functional groups attached to an aromatic ring is 1. The lowest BCUT2D eigenvalue weighted by Gasteiger charge is -2.25. The largest absolute Gasteiger partial charge is 0.308 e. The van der Waals surface area contributed by atoms with Gasteiger partial charge in [-0.25, -0.2) is 10.8 Å². The minimum Gasteiger partial charge on any atom is -0.308 e. The van der Waals surface area contributed by atoms with E-state index in [9.17, 15) is 0 Å². The first kappa shape index (κ1) is 12.9. The molecule has 0 unspecified atom stereocenters. The van der Waals surface area contributed by atoms with E-state index in [4.69, 9.17) is 5.84 Å². The number of hydrazine groups is 1. The minimum absolute atomic E-state index is 0.562. The van der Waals surface area contributed by atoms with Crippen LogP contribution in [-0.2, 0) is 6.54 Å². The molecule has 0 saturated heterocycles. The van der Waals surface area contributed by atoms with Crippen LogP contribution in [0.2, 0.25) is 0 Å². The Morgan fingerprint density at radius 3 is 2.62 bits per heavy atom. The molecule has 0 bridgehead atoms. The van der Waals surface area contributed by atoms with Gasteiger partial charge in [0.2, 0.25) is 0 Å². The number of nitrogens with two attached hydrogens (primary N) is 1. The maximum Gasteiger partial charge on any atom is 0.139 e. The van der Waals surface area contributed by atoms with E-state index in [2.05, 4.69) is 42.1 Å². The Labute approximate surface area is 97.8 Å². The normalized spacial score (nSPS) is 11.1. The second-order valence-corrected chi connectivity index (χ2v) is 4.26. The average molecular weight is 222 g/mol. The van der Waals surface area contributed by atoms with E-state index >= 15 is 0 Å². The van der Waals surface area contributed by atoms with E-state index in [1.165, 1.54) is 12.0 Å². The monoisotopic (exact) mass is 222 g/mol. The lowest BCUT2D eigenvalue weighted by atomic mass is 10.2. The third-order valence-electron chi connectivity index (χ3n) is 2.60. The van der Waals surface area contributed by atoms with Crippen LogP contribution in [0.15, 0.2) is 18.3 Å². The van der Waals surface area contributed by atoms with Gasteiger partial charge in [-0.2, -0.15) is 0 Å². The Hall–Kier alpha value is -1.13. The van der Waals surface area contributed by atoms with E-state index in [0.29, 0.717) is 11.9 Å². The summed E-state index contributed by atoms with van der Waals surface area (Å²) in [7, 11) is 0. The fourth-order valence-corrected chi connectivity index (χ4v) is 1.64. The van der Waals surface area contributed by atoms with Crippen molar-refractivity contribution in [1.29, 1.82) is 0 Å². The van der Waals surface area contributed by atoms with Gasteiger partial charge in [-0.1, -0.05) is 13.0 Å². The van der Waals surface area contributed by atoms with Gasteiger partial charge >= 0.3 is 0 Å². The van der Waals surface area contributed by atoms with Crippen LogP contribution in [0.25, 0.3) is 0 Å². The molecule has 0 aliphatic carbocycles. The highest BCUT2D eigenvalue weighted by Gasteiger charge is 2.08. The molecule has 90 valence electrons. The van der Waals surface area contributed by atoms with Crippen molar-refractivity contribution < 1.29 is 0 Å². The van der Waals surface area contributed by atoms with Crippen molar-refractivity contribution in [3.63, 3.8) is 0 Å². The molecule has 0 radical (unpaired) electrons. The van der Waals surface area contributed by atoms with Crippen LogP contribution in [0.4, 0.5) is 5.82 Å². The number of pyridine rings is 1. The van der Waals surface area contributed by atoms with E-state index in [-0.39, 0.29) is 0 Å². The third kappa shape index (κ3) is 3.79. The molecular formula is C12H22N4. The fraction of sp³-hybridized carbons (Fsp3) is 0.583. The average Bonchev–Trinajstić information content (AvgIpc) is 2.29. The molecular weight excluding hydrogens is 200 g/mol. The van der Waals surface area contributed by atoms with Crippen molar-refractivity contribution in [2.75, 3.05) is 12.0 Å². The van der Waals surface area contributed by atoms with Gasteiger partial charge in [0.25, 0.3) is 0 Å². The first-order valence-electron chi connectivity index (χ1n) is 5.83. The summed E-state index contributed by atoms with van der Waals surface area (Å²) in [6.07, 6.45) is 3.05. The molecule has 0 atom stereocenters. The zero-order chi connectivity index (χ0) is 12.0. The van der Waals surface area contributed by atoms with Crippen LogP contribution in [0.5, 0.6) is 0 Å². The first-order chi connectivity index (χ1) is 7.67. The number of hydrogen-bond donors (Lipinski definition) is 2. The molecule has 1 aromatic rings. The number of anilines is 1. The van der Waals surface area contributed by atoms with Crippen LogP contribution < -0.4 is 11.3 Å². The summed E-state index contributed by atoms with van der Waals surface area (Å²) in [6.45, 7) is 8.71. The van der Waals surface area contributed by atoms with Crippen molar-refractivity contribution in [2.45, 2.75) is 39.8 Å². The first-order valence-corrected chi connectivity index (χ1v) is 5.83. The van der Waals surface area contributed by atoms with Gasteiger partial charge in [0.1, 0.15) is 5.82 Å². The molecule has 3 N–H and O–H groups in total. The summed E-state index contributed by atoms with van der Waals surface area (Å²) in [4.78, 5) is 6.64. The third-order valence-corrected chi connectivity index (χ3v) is 2.60. The lowest BCUT2D eigenvalue weighted by molar-refractivity contribution is 0.213. The molecule has 16 heavy (non-hydrogen) atoms. The topological polar surface area (TPSA) is 54.2 Å². The predicted molar refractivity (Wildman–Crippen MR) is 67.9 cm³/mol. The van der Waals surface area contributed by atoms with Crippen molar-refractivity contribution in [1.82, 2.24) is 9.88 Å². The molecule has 4 heteroatoms. The fourth-order valence-electron chi connectivity index (χ4n) is 1.64. The van der Waals surface area contributed by atoms with Crippen LogP contribution in [0.3, 0.4) is 0 Å². The summed E-state index contributed by atoms with van der Waals surface area (Å²) in [5.74, 6) is 5.98. The number of aromatic nitrogens is 1. The highest BCUT2D eigenvalue weighted by Crippen LogP contribution is 2.09. The zero-order valence-corrected chi connectivity index (χ0v) is 10.4. The standard InChI is InChI=1S/C12H22N4/c1-4-7-16(10(2)3)9-11-5-6-12(15-13)14-8-11/h5-6,8,10H,4,7,9,13H2,1-3H3,(H,14,15). The van der Waals surface area contributed by atoms with Gasteiger partial charge in [-0.05, 0) is 38.4 Å². The van der Waals surface area contributed by atoms with Gasteiger partial charge in [0.15, 0.2) is 0 Å². The highest BCUT2D eigenvalue weighted by atomic mass is 15.2. The summed E-state index contributed by atoms with van der Waals surface area (Å²) < 4.78 is 0. The molecule has 0 amide bonds. The molecule has 1 aromatic heterocycles. The molecule has 1 rings (SSSR count). The van der Waals surface area contributed by atoms with Crippen LogP contribution in [-0.4, -0.2) is 22.5 Å². The van der Waals surface area contributed by atoms with Crippen molar-refractivity contribution in [3.05, 3.63) is 23.9 Å². The predicted octanol–water partition coefficient (Wildman–Crippen LogP) is 1.99. The van der Waals surface area contributed by atoms with Crippen LogP contribution >= 0.6 is 0 Å². The van der Waals surface area contributed by atoms with Gasteiger partial charge in [0.05, 0.1) is 0 Å². The van der Waals surface area contributed by atoms with E-state index in [0.717, 1.165) is 13.1 Å². The van der Waals surface area contributed by atoms with Crippen molar-refractivity contribution >= 4 is 5.82 Å². The maximum atomic E-state index is 5.27. The molecule has 0 aliphatic heterocycles.